The van der Waals surface area contributed by atoms with E-state index in [1.165, 1.54) is 17.0 Å². The number of hydrogen-bond donors (Lipinski definition) is 1. The lowest BCUT2D eigenvalue weighted by atomic mass is 10.2. The predicted octanol–water partition coefficient (Wildman–Crippen LogP) is 0.647. The Hall–Kier alpha value is -1.54. The molecule has 1 atom stereocenters. The first-order chi connectivity index (χ1) is 9.28. The Labute approximate surface area is 120 Å². The van der Waals surface area contributed by atoms with Gasteiger partial charge in [-0.2, -0.15) is 0 Å². The average molecular weight is 322 g/mol. The van der Waals surface area contributed by atoms with Crippen LogP contribution in [0.1, 0.15) is 17.0 Å². The summed E-state index contributed by atoms with van der Waals surface area (Å²) in [6.07, 6.45) is -0.431. The summed E-state index contributed by atoms with van der Waals surface area (Å²) in [4.78, 5) is 24.2. The van der Waals surface area contributed by atoms with Gasteiger partial charge in [0.15, 0.2) is 20.8 Å². The van der Waals surface area contributed by atoms with E-state index < -0.39 is 34.2 Å². The smallest absolute Gasteiger partial charge is 0.305 e. The Kier molecular flexibility index (Phi) is 4.05. The molecule has 1 aromatic heterocycles. The van der Waals surface area contributed by atoms with Crippen molar-refractivity contribution in [3.8, 4) is 0 Å². The van der Waals surface area contributed by atoms with E-state index in [1.807, 2.05) is 0 Å². The minimum absolute atomic E-state index is 0.0350. The number of carbonyl (C=O) groups is 2. The highest BCUT2D eigenvalue weighted by Gasteiger charge is 2.36. The summed E-state index contributed by atoms with van der Waals surface area (Å²) >= 11 is 5.58. The minimum Gasteiger partial charge on any atom is -0.481 e. The number of carboxylic acids is 1. The lowest BCUT2D eigenvalue weighted by Gasteiger charge is -2.34. The highest BCUT2D eigenvalue weighted by molar-refractivity contribution is 7.91. The highest BCUT2D eigenvalue weighted by Crippen LogP contribution is 2.21. The number of rotatable bonds is 3. The molecule has 0 spiro atoms. The molecule has 1 aliphatic rings. The van der Waals surface area contributed by atoms with Crippen molar-refractivity contribution in [1.29, 1.82) is 0 Å². The van der Waals surface area contributed by atoms with Gasteiger partial charge in [-0.15, -0.1) is 0 Å². The topological polar surface area (TPSA) is 105 Å². The van der Waals surface area contributed by atoms with Crippen LogP contribution in [0, 0.1) is 0 Å². The molecule has 1 amide bonds. The molecule has 2 heterocycles. The first-order valence-electron chi connectivity index (χ1n) is 5.77. The second-order valence-electron chi connectivity index (χ2n) is 4.47. The molecule has 9 heteroatoms. The first-order valence-corrected chi connectivity index (χ1v) is 7.97. The van der Waals surface area contributed by atoms with Crippen molar-refractivity contribution in [2.24, 2.45) is 0 Å². The molecule has 1 aromatic rings. The minimum atomic E-state index is -3.33. The van der Waals surface area contributed by atoms with Crippen molar-refractivity contribution >= 4 is 33.3 Å². The van der Waals surface area contributed by atoms with Gasteiger partial charge < -0.3 is 14.4 Å². The lowest BCUT2D eigenvalue weighted by Crippen LogP contribution is -2.51. The fourth-order valence-corrected chi connectivity index (χ4v) is 3.77. The Morgan fingerprint density at radius 1 is 1.45 bits per heavy atom. The number of halogens is 1. The summed E-state index contributed by atoms with van der Waals surface area (Å²) in [5.74, 6) is -2.31. The third kappa shape index (κ3) is 3.31. The molecule has 110 valence electrons. The normalized spacial score (nSPS) is 21.6. The summed E-state index contributed by atoms with van der Waals surface area (Å²) < 4.78 is 28.1. The van der Waals surface area contributed by atoms with Crippen LogP contribution in [0.5, 0.6) is 0 Å². The molecule has 0 bridgehead atoms. The summed E-state index contributed by atoms with van der Waals surface area (Å²) in [7, 11) is -3.33. The predicted molar refractivity (Wildman–Crippen MR) is 69.4 cm³/mol. The van der Waals surface area contributed by atoms with E-state index in [9.17, 15) is 18.0 Å². The average Bonchev–Trinajstić information content (AvgIpc) is 2.73. The molecule has 2 rings (SSSR count). The fourth-order valence-electron chi connectivity index (χ4n) is 2.10. The van der Waals surface area contributed by atoms with Crippen LogP contribution in [0.4, 0.5) is 0 Å². The summed E-state index contributed by atoms with van der Waals surface area (Å²) in [5.41, 5.74) is 0. The number of nitrogens with zero attached hydrogens (tertiary/aromatic N) is 1. The Bertz CT molecular complexity index is 637. The van der Waals surface area contributed by atoms with Crippen LogP contribution in [0.25, 0.3) is 0 Å². The Morgan fingerprint density at radius 2 is 2.15 bits per heavy atom. The van der Waals surface area contributed by atoms with Gasteiger partial charge in [-0.3, -0.25) is 9.59 Å². The number of carbonyl (C=O) groups excluding carboxylic acids is 1. The number of sulfone groups is 1. The van der Waals surface area contributed by atoms with E-state index in [1.54, 1.807) is 0 Å². The van der Waals surface area contributed by atoms with Gasteiger partial charge in [-0.1, -0.05) is 0 Å². The van der Waals surface area contributed by atoms with Crippen LogP contribution in [0.2, 0.25) is 5.22 Å². The van der Waals surface area contributed by atoms with E-state index in [0.717, 1.165) is 0 Å². The molecule has 1 aliphatic heterocycles. The van der Waals surface area contributed by atoms with Crippen LogP contribution < -0.4 is 0 Å². The van der Waals surface area contributed by atoms with Crippen molar-refractivity contribution in [1.82, 2.24) is 4.90 Å². The number of aliphatic carboxylic acids is 1. The van der Waals surface area contributed by atoms with Gasteiger partial charge in [0, 0.05) is 6.54 Å². The van der Waals surface area contributed by atoms with Crippen LogP contribution >= 0.6 is 11.6 Å². The van der Waals surface area contributed by atoms with Crippen LogP contribution in [-0.2, 0) is 14.6 Å². The van der Waals surface area contributed by atoms with Crippen molar-refractivity contribution in [3.05, 3.63) is 23.1 Å². The van der Waals surface area contributed by atoms with Gasteiger partial charge in [0.2, 0.25) is 0 Å². The molecule has 7 nitrogen and oxygen atoms in total. The molecular weight excluding hydrogens is 310 g/mol. The Morgan fingerprint density at radius 3 is 2.70 bits per heavy atom. The molecule has 1 fully saturated rings. The summed E-state index contributed by atoms with van der Waals surface area (Å²) in [6.45, 7) is -0.0581. The number of amides is 1. The standard InChI is InChI=1S/C11H12ClNO6S/c12-9-2-1-8(19-9)11(16)13-3-4-20(17,18)6-7(13)5-10(14)15/h1-2,7H,3-6H2,(H,14,15). The summed E-state index contributed by atoms with van der Waals surface area (Å²) in [6, 6.07) is 1.86. The highest BCUT2D eigenvalue weighted by atomic mass is 35.5. The van der Waals surface area contributed by atoms with Gasteiger partial charge in [0.25, 0.3) is 5.91 Å². The van der Waals surface area contributed by atoms with E-state index in [-0.39, 0.29) is 29.0 Å². The fraction of sp³-hybridized carbons (Fsp3) is 0.455. The molecule has 20 heavy (non-hydrogen) atoms. The number of carboxylic acid groups (broad SMARTS) is 1. The maximum absolute atomic E-state index is 12.2. The molecule has 0 saturated carbocycles. The van der Waals surface area contributed by atoms with Gasteiger partial charge in [0.05, 0.1) is 24.0 Å². The zero-order valence-electron chi connectivity index (χ0n) is 10.3. The van der Waals surface area contributed by atoms with Gasteiger partial charge in [-0.25, -0.2) is 8.42 Å². The third-order valence-electron chi connectivity index (χ3n) is 2.99. The molecule has 1 unspecified atom stereocenters. The molecule has 0 radical (unpaired) electrons. The van der Waals surface area contributed by atoms with Crippen molar-refractivity contribution in [2.45, 2.75) is 12.5 Å². The molecule has 0 aliphatic carbocycles. The molecule has 1 saturated heterocycles. The van der Waals surface area contributed by atoms with Crippen molar-refractivity contribution in [2.75, 3.05) is 18.1 Å². The van der Waals surface area contributed by atoms with Gasteiger partial charge in [0.1, 0.15) is 0 Å². The van der Waals surface area contributed by atoms with E-state index >= 15 is 0 Å². The van der Waals surface area contributed by atoms with Crippen LogP contribution in [0.15, 0.2) is 16.5 Å². The van der Waals surface area contributed by atoms with Crippen LogP contribution in [-0.4, -0.2) is 54.4 Å². The van der Waals surface area contributed by atoms with Gasteiger partial charge >= 0.3 is 5.97 Å². The van der Waals surface area contributed by atoms with E-state index in [4.69, 9.17) is 21.1 Å². The maximum atomic E-state index is 12.2. The second-order valence-corrected chi connectivity index (χ2v) is 7.07. The molecular formula is C11H12ClNO6S. The van der Waals surface area contributed by atoms with Crippen molar-refractivity contribution in [3.63, 3.8) is 0 Å². The largest absolute Gasteiger partial charge is 0.481 e. The zero-order valence-corrected chi connectivity index (χ0v) is 11.9. The van der Waals surface area contributed by atoms with E-state index in [2.05, 4.69) is 0 Å². The molecule has 0 aromatic carbocycles. The van der Waals surface area contributed by atoms with Gasteiger partial charge in [-0.05, 0) is 23.7 Å². The maximum Gasteiger partial charge on any atom is 0.305 e. The van der Waals surface area contributed by atoms with Crippen molar-refractivity contribution < 1.29 is 27.5 Å². The second kappa shape index (κ2) is 5.45. The quantitative estimate of drug-likeness (QED) is 0.876. The zero-order chi connectivity index (χ0) is 14.9. The number of hydrogen-bond acceptors (Lipinski definition) is 5. The van der Waals surface area contributed by atoms with E-state index in [0.29, 0.717) is 0 Å². The molecule has 1 N–H and O–H groups in total. The SMILES string of the molecule is O=C(O)CC1CS(=O)(=O)CCN1C(=O)c1ccc(Cl)o1. The van der Waals surface area contributed by atoms with Crippen LogP contribution in [0.3, 0.4) is 0 Å². The number of furan rings is 1. The summed E-state index contributed by atoms with van der Waals surface area (Å²) in [5, 5.41) is 8.87. The monoisotopic (exact) mass is 321 g/mol. The Balaban J connectivity index is 2.23. The first kappa shape index (κ1) is 14.9. The third-order valence-corrected chi connectivity index (χ3v) is 4.89. The lowest BCUT2D eigenvalue weighted by molar-refractivity contribution is -0.138.